The number of amides is 3. The van der Waals surface area contributed by atoms with E-state index in [4.69, 9.17) is 5.73 Å². The number of anilines is 1. The zero-order chi connectivity index (χ0) is 21.4. The number of aromatic nitrogens is 5. The molecule has 30 heavy (non-hydrogen) atoms. The minimum atomic E-state index is -1.34. The van der Waals surface area contributed by atoms with Crippen LogP contribution in [0.1, 0.15) is 16.9 Å². The summed E-state index contributed by atoms with van der Waals surface area (Å²) in [7, 11) is 0. The summed E-state index contributed by atoms with van der Waals surface area (Å²) < 4.78 is 15.9. The van der Waals surface area contributed by atoms with Crippen LogP contribution in [0, 0.1) is 0 Å². The summed E-state index contributed by atoms with van der Waals surface area (Å²) in [6.45, 7) is -0.531. The molecule has 1 aliphatic heterocycles. The summed E-state index contributed by atoms with van der Waals surface area (Å²) in [5.74, 6) is -1.57. The largest absolute Gasteiger partial charge is 0.364 e. The Morgan fingerprint density at radius 1 is 1.37 bits per heavy atom. The Bertz CT molecular complexity index is 1150. The SMILES string of the molecule is NC(=O)c1nn(CC(=O)N2C[C@H](F)C[C@H]2C(=O)Nc2cccc(Br)n2)c2cn[nH]c12. The molecule has 2 atom stereocenters. The van der Waals surface area contributed by atoms with Crippen LogP contribution >= 0.6 is 15.9 Å². The van der Waals surface area contributed by atoms with E-state index in [1.54, 1.807) is 18.2 Å². The number of nitrogens with zero attached hydrogens (tertiary/aromatic N) is 5. The van der Waals surface area contributed by atoms with E-state index in [2.05, 4.69) is 41.5 Å². The maximum Gasteiger partial charge on any atom is 0.271 e. The number of alkyl halides is 1. The number of carbonyl (C=O) groups is 3. The molecule has 0 spiro atoms. The van der Waals surface area contributed by atoms with E-state index < -0.39 is 29.9 Å². The van der Waals surface area contributed by atoms with Gasteiger partial charge in [-0.1, -0.05) is 6.07 Å². The highest BCUT2D eigenvalue weighted by Crippen LogP contribution is 2.23. The number of pyridine rings is 1. The minimum absolute atomic E-state index is 0.0601. The number of halogens is 2. The van der Waals surface area contributed by atoms with Crippen LogP contribution in [0.4, 0.5) is 10.2 Å². The Morgan fingerprint density at radius 2 is 2.17 bits per heavy atom. The van der Waals surface area contributed by atoms with Gasteiger partial charge in [-0.25, -0.2) is 9.37 Å². The van der Waals surface area contributed by atoms with Crippen molar-refractivity contribution in [3.05, 3.63) is 34.7 Å². The number of nitrogens with one attached hydrogen (secondary N) is 2. The molecule has 0 radical (unpaired) electrons. The fourth-order valence-electron chi connectivity index (χ4n) is 3.38. The van der Waals surface area contributed by atoms with Gasteiger partial charge in [-0.15, -0.1) is 0 Å². The molecule has 0 saturated carbocycles. The summed E-state index contributed by atoms with van der Waals surface area (Å²) in [5.41, 5.74) is 5.94. The Hall–Kier alpha value is -3.35. The lowest BCUT2D eigenvalue weighted by atomic mass is 10.2. The van der Waals surface area contributed by atoms with Crippen LogP contribution in [0.15, 0.2) is 29.0 Å². The number of fused-ring (bicyclic) bond motifs is 1. The molecule has 0 unspecified atom stereocenters. The van der Waals surface area contributed by atoms with Crippen molar-refractivity contribution in [2.24, 2.45) is 5.73 Å². The van der Waals surface area contributed by atoms with E-state index in [0.717, 1.165) is 4.90 Å². The predicted octanol–water partition coefficient (Wildman–Crippen LogP) is 0.593. The monoisotopic (exact) mass is 478 g/mol. The molecule has 3 aromatic rings. The van der Waals surface area contributed by atoms with Gasteiger partial charge in [0, 0.05) is 6.42 Å². The third-order valence-corrected chi connectivity index (χ3v) is 5.15. The summed E-state index contributed by atoms with van der Waals surface area (Å²) in [4.78, 5) is 42.4. The Balaban J connectivity index is 1.53. The van der Waals surface area contributed by atoms with Gasteiger partial charge in [0.2, 0.25) is 11.8 Å². The number of primary amides is 1. The van der Waals surface area contributed by atoms with Gasteiger partial charge in [-0.2, -0.15) is 10.2 Å². The van der Waals surface area contributed by atoms with Crippen molar-refractivity contribution in [3.8, 4) is 0 Å². The van der Waals surface area contributed by atoms with Crippen molar-refractivity contribution in [3.63, 3.8) is 0 Å². The van der Waals surface area contributed by atoms with E-state index in [0.29, 0.717) is 15.6 Å². The molecule has 3 aromatic heterocycles. The predicted molar refractivity (Wildman–Crippen MR) is 106 cm³/mol. The number of likely N-dealkylation sites (tertiary alicyclic amines) is 1. The van der Waals surface area contributed by atoms with Crippen molar-refractivity contribution >= 4 is 50.5 Å². The molecule has 13 heteroatoms. The highest BCUT2D eigenvalue weighted by Gasteiger charge is 2.40. The molecular formula is C17H16BrFN8O3. The van der Waals surface area contributed by atoms with Gasteiger partial charge in [0.15, 0.2) is 5.69 Å². The molecule has 0 aliphatic carbocycles. The van der Waals surface area contributed by atoms with Crippen molar-refractivity contribution < 1.29 is 18.8 Å². The molecule has 1 fully saturated rings. The summed E-state index contributed by atoms with van der Waals surface area (Å²) in [6, 6.07) is 3.97. The lowest BCUT2D eigenvalue weighted by Crippen LogP contribution is -2.44. The third-order valence-electron chi connectivity index (χ3n) is 4.71. The van der Waals surface area contributed by atoms with Crippen molar-refractivity contribution in [1.82, 2.24) is 29.9 Å². The fourth-order valence-corrected chi connectivity index (χ4v) is 3.73. The quantitative estimate of drug-likeness (QED) is 0.456. The second kappa shape index (κ2) is 7.82. The Labute approximate surface area is 176 Å². The molecule has 11 nitrogen and oxygen atoms in total. The van der Waals surface area contributed by atoms with Crippen LogP contribution in [0.3, 0.4) is 0 Å². The van der Waals surface area contributed by atoms with E-state index in [1.165, 1.54) is 10.9 Å². The summed E-state index contributed by atoms with van der Waals surface area (Å²) in [6.07, 6.45) is -0.0706. The lowest BCUT2D eigenvalue weighted by molar-refractivity contribution is -0.137. The van der Waals surface area contributed by atoms with Gasteiger partial charge < -0.3 is 16.0 Å². The van der Waals surface area contributed by atoms with Crippen LogP contribution in [0.5, 0.6) is 0 Å². The van der Waals surface area contributed by atoms with Gasteiger partial charge in [0.05, 0.1) is 12.7 Å². The number of hydrogen-bond acceptors (Lipinski definition) is 6. The smallest absolute Gasteiger partial charge is 0.271 e. The number of hydrogen-bond donors (Lipinski definition) is 3. The number of rotatable bonds is 5. The molecule has 0 aromatic carbocycles. The Kier molecular flexibility index (Phi) is 5.20. The van der Waals surface area contributed by atoms with Crippen LogP contribution in [0.25, 0.3) is 11.0 Å². The van der Waals surface area contributed by atoms with Gasteiger partial charge in [-0.3, -0.25) is 24.2 Å². The van der Waals surface area contributed by atoms with Crippen LogP contribution in [-0.4, -0.2) is 66.3 Å². The van der Waals surface area contributed by atoms with E-state index in [1.807, 2.05) is 0 Å². The van der Waals surface area contributed by atoms with Gasteiger partial charge in [-0.05, 0) is 28.1 Å². The first kappa shape index (κ1) is 19.9. The minimum Gasteiger partial charge on any atom is -0.364 e. The topological polar surface area (TPSA) is 152 Å². The van der Waals surface area contributed by atoms with Gasteiger partial charge >= 0.3 is 0 Å². The summed E-state index contributed by atoms with van der Waals surface area (Å²) in [5, 5.41) is 13.1. The molecule has 3 amide bonds. The first-order valence-electron chi connectivity index (χ1n) is 8.90. The van der Waals surface area contributed by atoms with E-state index in [-0.39, 0.29) is 31.0 Å². The van der Waals surface area contributed by atoms with Crippen LogP contribution in [0.2, 0.25) is 0 Å². The fraction of sp³-hybridized carbons (Fsp3) is 0.294. The molecule has 156 valence electrons. The zero-order valence-electron chi connectivity index (χ0n) is 15.4. The molecule has 1 saturated heterocycles. The average molecular weight is 479 g/mol. The van der Waals surface area contributed by atoms with E-state index >= 15 is 0 Å². The standard InChI is InChI=1S/C17H16BrFN8O3/c18-11-2-1-3-12(22-11)23-17(30)9-4-8(19)6-26(9)13(28)7-27-10-5-21-24-14(10)15(25-27)16(20)29/h1-3,5,8-9H,4,6-7H2,(H2,20,29)(H,21,24)(H,22,23,30)/t8-,9+/m1/s1. The van der Waals surface area contributed by atoms with Crippen molar-refractivity contribution in [1.29, 1.82) is 0 Å². The van der Waals surface area contributed by atoms with Gasteiger partial charge in [0.1, 0.15) is 40.2 Å². The Morgan fingerprint density at radius 3 is 2.90 bits per heavy atom. The maximum atomic E-state index is 14.1. The highest BCUT2D eigenvalue weighted by molar-refractivity contribution is 9.10. The highest BCUT2D eigenvalue weighted by atomic mass is 79.9. The molecule has 1 aliphatic rings. The number of carbonyl (C=O) groups excluding carboxylic acids is 3. The van der Waals surface area contributed by atoms with E-state index in [9.17, 15) is 18.8 Å². The lowest BCUT2D eigenvalue weighted by Gasteiger charge is -2.23. The maximum absolute atomic E-state index is 14.1. The van der Waals surface area contributed by atoms with Crippen LogP contribution < -0.4 is 11.1 Å². The zero-order valence-corrected chi connectivity index (χ0v) is 17.0. The molecule has 4 heterocycles. The normalized spacial score (nSPS) is 18.7. The first-order chi connectivity index (χ1) is 14.3. The van der Waals surface area contributed by atoms with Crippen LogP contribution in [-0.2, 0) is 16.1 Å². The number of aromatic amines is 1. The number of nitrogens with two attached hydrogens (primary N) is 1. The number of H-pyrrole nitrogens is 1. The van der Waals surface area contributed by atoms with Crippen molar-refractivity contribution in [2.75, 3.05) is 11.9 Å². The first-order valence-corrected chi connectivity index (χ1v) is 9.69. The average Bonchev–Trinajstić information content (AvgIpc) is 3.37. The molecular weight excluding hydrogens is 463 g/mol. The molecule has 4 N–H and O–H groups in total. The molecule has 0 bridgehead atoms. The third kappa shape index (κ3) is 3.75. The second-order valence-electron chi connectivity index (χ2n) is 6.73. The second-order valence-corrected chi connectivity index (χ2v) is 7.54. The summed E-state index contributed by atoms with van der Waals surface area (Å²) >= 11 is 3.21. The van der Waals surface area contributed by atoms with Gasteiger partial charge in [0.25, 0.3) is 5.91 Å². The van der Waals surface area contributed by atoms with Crippen molar-refractivity contribution in [2.45, 2.75) is 25.2 Å². The molecule has 4 rings (SSSR count).